The van der Waals surface area contributed by atoms with Crippen molar-refractivity contribution in [1.82, 2.24) is 0 Å². The van der Waals surface area contributed by atoms with Gasteiger partial charge >= 0.3 is 0 Å². The van der Waals surface area contributed by atoms with Crippen molar-refractivity contribution in [1.29, 1.82) is 0 Å². The van der Waals surface area contributed by atoms with Gasteiger partial charge in [0.15, 0.2) is 10.4 Å². The molecule has 17 heavy (non-hydrogen) atoms. The van der Waals surface area contributed by atoms with Gasteiger partial charge in [-0.1, -0.05) is 28.1 Å². The molecule has 0 aliphatic heterocycles. The monoisotopic (exact) mass is 357 g/mol. The third kappa shape index (κ3) is 3.20. The topological polar surface area (TPSA) is 42.2 Å². The van der Waals surface area contributed by atoms with Crippen LogP contribution in [0.25, 0.3) is 0 Å². The van der Waals surface area contributed by atoms with E-state index in [1.165, 1.54) is 0 Å². The fourth-order valence-corrected chi connectivity index (χ4v) is 1.99. The quantitative estimate of drug-likeness (QED) is 0.836. The molecule has 0 bridgehead atoms. The zero-order chi connectivity index (χ0) is 12.3. The molecule has 1 heterocycles. The van der Waals surface area contributed by atoms with Gasteiger partial charge in [0, 0.05) is 11.0 Å². The summed E-state index contributed by atoms with van der Waals surface area (Å²) in [5.41, 5.74) is 1.90. The zero-order valence-corrected chi connectivity index (χ0v) is 11.9. The number of hydrogen-bond acceptors (Lipinski definition) is 2. The van der Waals surface area contributed by atoms with Crippen molar-refractivity contribution in [3.05, 3.63) is 52.4 Å². The molecule has 0 aliphatic carbocycles. The Morgan fingerprint density at radius 2 is 1.88 bits per heavy atom. The van der Waals surface area contributed by atoms with Gasteiger partial charge in [0.05, 0.1) is 0 Å². The van der Waals surface area contributed by atoms with Gasteiger partial charge in [0.2, 0.25) is 0 Å². The van der Waals surface area contributed by atoms with Crippen molar-refractivity contribution in [2.24, 2.45) is 0 Å². The Bertz CT molecular complexity index is 520. The first-order chi connectivity index (χ1) is 8.19. The smallest absolute Gasteiger partial charge is 0.291 e. The first-order valence-electron chi connectivity index (χ1n) is 4.90. The molecule has 3 nitrogen and oxygen atoms in total. The van der Waals surface area contributed by atoms with Crippen LogP contribution in [-0.4, -0.2) is 5.91 Å². The lowest BCUT2D eigenvalue weighted by atomic mass is 10.2. The van der Waals surface area contributed by atoms with E-state index in [0.29, 0.717) is 4.67 Å². The molecule has 0 aliphatic rings. The van der Waals surface area contributed by atoms with E-state index < -0.39 is 0 Å². The fourth-order valence-electron chi connectivity index (χ4n) is 1.31. The van der Waals surface area contributed by atoms with E-state index in [2.05, 4.69) is 37.2 Å². The second kappa shape index (κ2) is 5.51. The number of halogens is 2. The van der Waals surface area contributed by atoms with E-state index in [1.807, 2.05) is 24.3 Å². The van der Waals surface area contributed by atoms with Crippen LogP contribution in [0.3, 0.4) is 0 Å². The normalized spacial score (nSPS) is 10.2. The molecular weight excluding hydrogens is 350 g/mol. The number of furan rings is 1. The van der Waals surface area contributed by atoms with Crippen molar-refractivity contribution in [2.75, 3.05) is 5.32 Å². The highest BCUT2D eigenvalue weighted by molar-refractivity contribution is 9.10. The van der Waals surface area contributed by atoms with Gasteiger partial charge < -0.3 is 9.73 Å². The zero-order valence-electron chi connectivity index (χ0n) is 8.74. The number of rotatable bonds is 3. The molecule has 0 radical (unpaired) electrons. The lowest BCUT2D eigenvalue weighted by Crippen LogP contribution is -2.10. The highest BCUT2D eigenvalue weighted by Crippen LogP contribution is 2.17. The first-order valence-corrected chi connectivity index (χ1v) is 6.82. The van der Waals surface area contributed by atoms with Gasteiger partial charge in [0.25, 0.3) is 5.91 Å². The van der Waals surface area contributed by atoms with Gasteiger partial charge in [-0.2, -0.15) is 0 Å². The molecule has 1 N–H and O–H groups in total. The number of alkyl halides is 1. The Morgan fingerprint density at radius 3 is 2.41 bits per heavy atom. The number of carbonyl (C=O) groups is 1. The van der Waals surface area contributed by atoms with Crippen molar-refractivity contribution >= 4 is 43.5 Å². The van der Waals surface area contributed by atoms with Crippen molar-refractivity contribution < 1.29 is 9.21 Å². The fraction of sp³-hybridized carbons (Fsp3) is 0.0833. The van der Waals surface area contributed by atoms with E-state index in [-0.39, 0.29) is 11.7 Å². The van der Waals surface area contributed by atoms with Crippen molar-refractivity contribution in [3.63, 3.8) is 0 Å². The van der Waals surface area contributed by atoms with Crippen LogP contribution in [0.4, 0.5) is 5.69 Å². The summed E-state index contributed by atoms with van der Waals surface area (Å²) in [7, 11) is 0. The maximum atomic E-state index is 11.7. The Labute approximate surface area is 115 Å². The summed E-state index contributed by atoms with van der Waals surface area (Å²) in [6.45, 7) is 0. The predicted molar refractivity (Wildman–Crippen MR) is 73.4 cm³/mol. The third-order valence-corrected chi connectivity index (χ3v) is 3.24. The van der Waals surface area contributed by atoms with Crippen LogP contribution in [0, 0.1) is 0 Å². The Balaban J connectivity index is 2.07. The minimum Gasteiger partial charge on any atom is -0.444 e. The number of carbonyl (C=O) groups excluding carboxylic acids is 1. The summed E-state index contributed by atoms with van der Waals surface area (Å²) < 4.78 is 5.70. The highest BCUT2D eigenvalue weighted by Gasteiger charge is 2.10. The minimum absolute atomic E-state index is 0.262. The molecule has 0 saturated carbocycles. The third-order valence-electron chi connectivity index (χ3n) is 2.16. The Kier molecular flexibility index (Phi) is 4.02. The van der Waals surface area contributed by atoms with E-state index in [9.17, 15) is 4.79 Å². The van der Waals surface area contributed by atoms with Crippen LogP contribution in [0.5, 0.6) is 0 Å². The molecule has 1 amide bonds. The molecule has 1 aromatic heterocycles. The summed E-state index contributed by atoms with van der Waals surface area (Å²) in [4.78, 5) is 11.7. The minimum atomic E-state index is -0.262. The van der Waals surface area contributed by atoms with Gasteiger partial charge in [-0.15, -0.1) is 0 Å². The van der Waals surface area contributed by atoms with Crippen LogP contribution in [0.2, 0.25) is 0 Å². The summed E-state index contributed by atoms with van der Waals surface area (Å²) in [6, 6.07) is 10.9. The highest BCUT2D eigenvalue weighted by atomic mass is 79.9. The average Bonchev–Trinajstić information content (AvgIpc) is 2.77. The van der Waals surface area contributed by atoms with Gasteiger partial charge in [-0.25, -0.2) is 0 Å². The molecular formula is C12H9Br2NO2. The van der Waals surface area contributed by atoms with Crippen molar-refractivity contribution in [2.45, 2.75) is 5.33 Å². The molecule has 2 rings (SSSR count). The van der Waals surface area contributed by atoms with E-state index in [0.717, 1.165) is 16.6 Å². The maximum Gasteiger partial charge on any atom is 0.291 e. The molecule has 0 unspecified atom stereocenters. The van der Waals surface area contributed by atoms with Gasteiger partial charge in [-0.3, -0.25) is 4.79 Å². The lowest BCUT2D eigenvalue weighted by molar-refractivity contribution is 0.0995. The summed E-state index contributed by atoms with van der Waals surface area (Å²) in [6.07, 6.45) is 0. The van der Waals surface area contributed by atoms with Crippen LogP contribution in [0.1, 0.15) is 16.1 Å². The lowest BCUT2D eigenvalue weighted by Gasteiger charge is -2.03. The number of benzene rings is 1. The van der Waals surface area contributed by atoms with E-state index >= 15 is 0 Å². The number of hydrogen-bond donors (Lipinski definition) is 1. The second-order valence-electron chi connectivity index (χ2n) is 3.39. The summed E-state index contributed by atoms with van der Waals surface area (Å²) in [5, 5.41) is 3.55. The van der Waals surface area contributed by atoms with Crippen molar-refractivity contribution in [3.8, 4) is 0 Å². The average molecular weight is 359 g/mol. The molecule has 2 aromatic rings. The van der Waals surface area contributed by atoms with Crippen LogP contribution < -0.4 is 5.32 Å². The maximum absolute atomic E-state index is 11.7. The molecule has 1 aromatic carbocycles. The molecule has 0 atom stereocenters. The van der Waals surface area contributed by atoms with Crippen LogP contribution >= 0.6 is 31.9 Å². The van der Waals surface area contributed by atoms with Gasteiger partial charge in [0.1, 0.15) is 0 Å². The SMILES string of the molecule is O=C(Nc1ccc(CBr)cc1)c1ccc(Br)o1. The number of amides is 1. The standard InChI is InChI=1S/C12H9Br2NO2/c13-7-8-1-3-9(4-2-8)15-12(16)10-5-6-11(14)17-10/h1-6H,7H2,(H,15,16). The van der Waals surface area contributed by atoms with Crippen LogP contribution in [-0.2, 0) is 5.33 Å². The molecule has 5 heteroatoms. The summed E-state index contributed by atoms with van der Waals surface area (Å²) >= 11 is 6.52. The molecule has 88 valence electrons. The molecule has 0 fully saturated rings. The number of nitrogens with one attached hydrogen (secondary N) is 1. The second-order valence-corrected chi connectivity index (χ2v) is 4.73. The van der Waals surface area contributed by atoms with Crippen LogP contribution in [0.15, 0.2) is 45.5 Å². The largest absolute Gasteiger partial charge is 0.444 e. The number of anilines is 1. The van der Waals surface area contributed by atoms with E-state index in [4.69, 9.17) is 4.42 Å². The molecule has 0 spiro atoms. The molecule has 0 saturated heterocycles. The van der Waals surface area contributed by atoms with Gasteiger partial charge in [-0.05, 0) is 45.8 Å². The first kappa shape index (κ1) is 12.4. The van der Waals surface area contributed by atoms with E-state index in [1.54, 1.807) is 12.1 Å². The summed E-state index contributed by atoms with van der Waals surface area (Å²) in [5.74, 6) is 0.0173. The Morgan fingerprint density at radius 1 is 1.18 bits per heavy atom. The Hall–Kier alpha value is -1.07. The predicted octanol–water partition coefficient (Wildman–Crippen LogP) is 4.19.